The van der Waals surface area contributed by atoms with Crippen molar-refractivity contribution >= 4 is 5.69 Å². The van der Waals surface area contributed by atoms with Crippen LogP contribution in [0.3, 0.4) is 0 Å². The molecule has 1 fully saturated rings. The van der Waals surface area contributed by atoms with E-state index in [1.165, 1.54) is 13.2 Å². The summed E-state index contributed by atoms with van der Waals surface area (Å²) >= 11 is 0. The Bertz CT molecular complexity index is 389. The van der Waals surface area contributed by atoms with E-state index in [0.29, 0.717) is 5.56 Å². The van der Waals surface area contributed by atoms with E-state index in [2.05, 4.69) is 0 Å². The first-order valence-corrected chi connectivity index (χ1v) is 4.96. The molecule has 82 valence electrons. The summed E-state index contributed by atoms with van der Waals surface area (Å²) in [6.07, 6.45) is 3.09. The van der Waals surface area contributed by atoms with E-state index in [-0.39, 0.29) is 17.4 Å². The lowest BCUT2D eigenvalue weighted by Crippen LogP contribution is -2.13. The lowest BCUT2D eigenvalue weighted by Gasteiger charge is -2.27. The summed E-state index contributed by atoms with van der Waals surface area (Å²) in [5.41, 5.74) is 6.15. The monoisotopic (exact) mass is 213 g/mol. The van der Waals surface area contributed by atoms with Crippen LogP contribution in [0.1, 0.15) is 30.7 Å². The van der Waals surface area contributed by atoms with Gasteiger partial charge in [-0.1, -0.05) is 6.42 Å². The van der Waals surface area contributed by atoms with Crippen LogP contribution in [-0.4, -0.2) is 7.11 Å². The van der Waals surface area contributed by atoms with E-state index < -0.39 is 11.6 Å². The third kappa shape index (κ3) is 1.54. The topological polar surface area (TPSA) is 35.2 Å². The molecule has 1 aromatic rings. The van der Waals surface area contributed by atoms with Crippen molar-refractivity contribution < 1.29 is 13.5 Å². The Labute approximate surface area is 87.0 Å². The molecule has 0 saturated heterocycles. The molecule has 0 heterocycles. The molecule has 0 amide bonds. The van der Waals surface area contributed by atoms with E-state index in [1.54, 1.807) is 0 Å². The molecular weight excluding hydrogens is 200 g/mol. The highest BCUT2D eigenvalue weighted by molar-refractivity contribution is 5.54. The maximum Gasteiger partial charge on any atom is 0.202 e. The van der Waals surface area contributed by atoms with Crippen molar-refractivity contribution in [1.29, 1.82) is 0 Å². The number of methoxy groups -OCH3 is 1. The fraction of sp³-hybridized carbons (Fsp3) is 0.455. The van der Waals surface area contributed by atoms with Gasteiger partial charge in [-0.25, -0.2) is 4.39 Å². The fourth-order valence-corrected chi connectivity index (χ4v) is 1.84. The summed E-state index contributed by atoms with van der Waals surface area (Å²) in [5.74, 6) is -1.80. The molecule has 0 unspecified atom stereocenters. The molecule has 1 saturated carbocycles. The lowest BCUT2D eigenvalue weighted by molar-refractivity contribution is 0.366. The van der Waals surface area contributed by atoms with Gasteiger partial charge in [0.05, 0.1) is 12.8 Å². The van der Waals surface area contributed by atoms with E-state index in [9.17, 15) is 8.78 Å². The van der Waals surface area contributed by atoms with E-state index in [4.69, 9.17) is 10.5 Å². The second-order valence-electron chi connectivity index (χ2n) is 3.84. The maximum atomic E-state index is 13.4. The smallest absolute Gasteiger partial charge is 0.202 e. The Morgan fingerprint density at radius 1 is 1.33 bits per heavy atom. The zero-order valence-corrected chi connectivity index (χ0v) is 8.52. The molecule has 1 aliphatic rings. The Kier molecular flexibility index (Phi) is 2.50. The van der Waals surface area contributed by atoms with Crippen LogP contribution in [0.4, 0.5) is 14.5 Å². The Morgan fingerprint density at radius 3 is 2.47 bits per heavy atom. The molecule has 0 aliphatic heterocycles. The second kappa shape index (κ2) is 3.68. The third-order valence-corrected chi connectivity index (χ3v) is 3.01. The summed E-state index contributed by atoms with van der Waals surface area (Å²) in [4.78, 5) is 0. The zero-order valence-electron chi connectivity index (χ0n) is 8.52. The van der Waals surface area contributed by atoms with Crippen molar-refractivity contribution in [2.24, 2.45) is 0 Å². The van der Waals surface area contributed by atoms with Gasteiger partial charge in [0.15, 0.2) is 11.6 Å². The van der Waals surface area contributed by atoms with Gasteiger partial charge in [-0.2, -0.15) is 4.39 Å². The minimum Gasteiger partial charge on any atom is -0.494 e. The zero-order chi connectivity index (χ0) is 11.0. The molecule has 1 aromatic carbocycles. The highest BCUT2D eigenvalue weighted by Gasteiger charge is 2.26. The number of hydrogen-bond donors (Lipinski definition) is 1. The van der Waals surface area contributed by atoms with Gasteiger partial charge in [-0.3, -0.25) is 0 Å². The highest BCUT2D eigenvalue weighted by atomic mass is 19.2. The van der Waals surface area contributed by atoms with Gasteiger partial charge >= 0.3 is 0 Å². The van der Waals surface area contributed by atoms with Crippen molar-refractivity contribution in [3.63, 3.8) is 0 Å². The molecule has 0 aromatic heterocycles. The van der Waals surface area contributed by atoms with Gasteiger partial charge in [0.25, 0.3) is 0 Å². The van der Waals surface area contributed by atoms with Gasteiger partial charge in [0.2, 0.25) is 5.82 Å². The van der Waals surface area contributed by atoms with Crippen molar-refractivity contribution in [1.82, 2.24) is 0 Å². The summed E-state index contributed by atoms with van der Waals surface area (Å²) in [6.45, 7) is 0. The number of nitrogens with two attached hydrogens (primary N) is 1. The quantitative estimate of drug-likeness (QED) is 0.766. The SMILES string of the molecule is COc1cc(C2CCC2)c(N)c(F)c1F. The van der Waals surface area contributed by atoms with Crippen molar-refractivity contribution in [3.05, 3.63) is 23.3 Å². The molecule has 0 spiro atoms. The van der Waals surface area contributed by atoms with Crippen molar-refractivity contribution in [2.75, 3.05) is 12.8 Å². The van der Waals surface area contributed by atoms with Crippen LogP contribution in [0.2, 0.25) is 0 Å². The standard InChI is InChI=1S/C11H13F2NO/c1-15-8-5-7(6-3-2-4-6)11(14)10(13)9(8)12/h5-6H,2-4,14H2,1H3. The average Bonchev–Trinajstić information content (AvgIpc) is 2.16. The van der Waals surface area contributed by atoms with Crippen LogP contribution in [0.15, 0.2) is 6.07 Å². The number of halogens is 2. The van der Waals surface area contributed by atoms with Crippen LogP contribution < -0.4 is 10.5 Å². The molecule has 2 N–H and O–H groups in total. The minimum absolute atomic E-state index is 0.0661. The summed E-state index contributed by atoms with van der Waals surface area (Å²) < 4.78 is 31.4. The van der Waals surface area contributed by atoms with Crippen LogP contribution >= 0.6 is 0 Å². The van der Waals surface area contributed by atoms with Crippen LogP contribution in [-0.2, 0) is 0 Å². The molecule has 1 aliphatic carbocycles. The normalized spacial score (nSPS) is 16.2. The predicted octanol–water partition coefficient (Wildman–Crippen LogP) is 2.82. The number of hydrogen-bond acceptors (Lipinski definition) is 2. The van der Waals surface area contributed by atoms with Gasteiger partial charge in [-0.15, -0.1) is 0 Å². The van der Waals surface area contributed by atoms with Gasteiger partial charge in [0, 0.05) is 0 Å². The van der Waals surface area contributed by atoms with Crippen molar-refractivity contribution in [2.45, 2.75) is 25.2 Å². The van der Waals surface area contributed by atoms with Gasteiger partial charge in [-0.05, 0) is 30.4 Å². The molecule has 4 heteroatoms. The maximum absolute atomic E-state index is 13.4. The first-order chi connectivity index (χ1) is 7.15. The van der Waals surface area contributed by atoms with E-state index in [0.717, 1.165) is 19.3 Å². The summed E-state index contributed by atoms with van der Waals surface area (Å²) in [7, 11) is 1.32. The first kappa shape index (κ1) is 10.2. The Balaban J connectivity index is 2.49. The summed E-state index contributed by atoms with van der Waals surface area (Å²) in [6, 6.07) is 1.51. The molecule has 2 rings (SSSR count). The molecule has 2 nitrogen and oxygen atoms in total. The van der Waals surface area contributed by atoms with Crippen LogP contribution in [0, 0.1) is 11.6 Å². The number of anilines is 1. The third-order valence-electron chi connectivity index (χ3n) is 3.01. The highest BCUT2D eigenvalue weighted by Crippen LogP contribution is 2.42. The number of nitrogen functional groups attached to an aromatic ring is 1. The number of ether oxygens (including phenoxy) is 1. The van der Waals surface area contributed by atoms with Gasteiger partial charge in [0.1, 0.15) is 0 Å². The Hall–Kier alpha value is -1.32. The Morgan fingerprint density at radius 2 is 2.00 bits per heavy atom. The summed E-state index contributed by atoms with van der Waals surface area (Å²) in [5, 5.41) is 0. The fourth-order valence-electron chi connectivity index (χ4n) is 1.84. The molecule has 0 bridgehead atoms. The number of rotatable bonds is 2. The predicted molar refractivity (Wildman–Crippen MR) is 53.9 cm³/mol. The molecular formula is C11H13F2NO. The molecule has 15 heavy (non-hydrogen) atoms. The largest absolute Gasteiger partial charge is 0.494 e. The molecule has 0 atom stereocenters. The van der Waals surface area contributed by atoms with Crippen LogP contribution in [0.5, 0.6) is 5.75 Å². The van der Waals surface area contributed by atoms with E-state index >= 15 is 0 Å². The minimum atomic E-state index is -1.00. The first-order valence-electron chi connectivity index (χ1n) is 4.96. The lowest BCUT2D eigenvalue weighted by atomic mass is 9.79. The average molecular weight is 213 g/mol. The van der Waals surface area contributed by atoms with Crippen LogP contribution in [0.25, 0.3) is 0 Å². The second-order valence-corrected chi connectivity index (χ2v) is 3.84. The molecule has 0 radical (unpaired) electrons. The van der Waals surface area contributed by atoms with Gasteiger partial charge < -0.3 is 10.5 Å². The van der Waals surface area contributed by atoms with E-state index in [1.807, 2.05) is 0 Å². The number of benzene rings is 1. The van der Waals surface area contributed by atoms with Crippen molar-refractivity contribution in [3.8, 4) is 5.75 Å².